The molecule has 0 heterocycles. The predicted molar refractivity (Wildman–Crippen MR) is 51.8 cm³/mol. The van der Waals surface area contributed by atoms with Crippen LogP contribution in [0.4, 0.5) is 0 Å². The minimum Gasteiger partial charge on any atom is -0.870 e. The number of halogens is 1. The molecule has 1 N–H and O–H groups in total. The summed E-state index contributed by atoms with van der Waals surface area (Å²) in [5, 5.41) is 0. The van der Waals surface area contributed by atoms with Crippen molar-refractivity contribution in [2.24, 2.45) is 0 Å². The Bertz CT molecular complexity index is 122. The van der Waals surface area contributed by atoms with Gasteiger partial charge < -0.3 is 14.7 Å². The molecule has 0 rings (SSSR count). The zero-order valence-corrected chi connectivity index (χ0v) is 9.75. The Hall–Kier alpha value is -0.130. The maximum Gasteiger partial charge on any atom is 0.302 e. The van der Waals surface area contributed by atoms with Gasteiger partial charge >= 0.3 is 5.97 Å². The van der Waals surface area contributed by atoms with Gasteiger partial charge in [0.2, 0.25) is 0 Å². The van der Waals surface area contributed by atoms with Crippen LogP contribution in [0.1, 0.15) is 6.92 Å². The molecule has 0 amide bonds. The van der Waals surface area contributed by atoms with Crippen molar-refractivity contribution in [3.05, 3.63) is 0 Å². The summed E-state index contributed by atoms with van der Waals surface area (Å²) < 4.78 is 5.59. The van der Waals surface area contributed by atoms with Gasteiger partial charge in [-0.05, 0) is 0 Å². The second-order valence-electron chi connectivity index (χ2n) is 3.35. The predicted octanol–water partition coefficient (Wildman–Crippen LogP) is 0.657. The van der Waals surface area contributed by atoms with E-state index in [0.29, 0.717) is 6.61 Å². The van der Waals surface area contributed by atoms with Gasteiger partial charge in [-0.1, -0.05) is 0 Å². The molecule has 0 atom stereocenters. The zero-order chi connectivity index (χ0) is 8.20. The fraction of sp³-hybridized carbons (Fsp3) is 0.857. The van der Waals surface area contributed by atoms with Crippen molar-refractivity contribution in [1.82, 2.24) is 0 Å². The summed E-state index contributed by atoms with van der Waals surface area (Å²) in [6.07, 6.45) is 0. The fourth-order valence-electron chi connectivity index (χ4n) is 0.463. The Morgan fingerprint density at radius 2 is 1.75 bits per heavy atom. The lowest BCUT2D eigenvalue weighted by Crippen LogP contribution is -2.37. The number of hydrogen-bond donors (Lipinski definition) is 0. The summed E-state index contributed by atoms with van der Waals surface area (Å²) in [4.78, 5) is 10.3. The minimum absolute atomic E-state index is 0. The molecule has 0 aromatic carbocycles. The van der Waals surface area contributed by atoms with Gasteiger partial charge in [0.25, 0.3) is 0 Å². The van der Waals surface area contributed by atoms with E-state index in [4.69, 9.17) is 4.74 Å². The van der Waals surface area contributed by atoms with E-state index in [2.05, 4.69) is 21.1 Å². The number of quaternary nitrogens is 1. The molecule has 4 nitrogen and oxygen atoms in total. The maximum atomic E-state index is 10.3. The first kappa shape index (κ1) is 17.8. The van der Waals surface area contributed by atoms with Crippen LogP contribution in [0.2, 0.25) is 0 Å². The van der Waals surface area contributed by atoms with Crippen LogP contribution in [0, 0.1) is 0 Å². The normalized spacial score (nSPS) is 9.33. The second-order valence-corrected chi connectivity index (χ2v) is 3.35. The van der Waals surface area contributed by atoms with Gasteiger partial charge in [0.1, 0.15) is 13.2 Å². The molecule has 0 aliphatic carbocycles. The summed E-state index contributed by atoms with van der Waals surface area (Å²) in [6, 6.07) is 0. The molecule has 0 unspecified atom stereocenters. The number of nitrogens with zero attached hydrogens (tertiary/aromatic N) is 1. The van der Waals surface area contributed by atoms with Crippen molar-refractivity contribution in [2.45, 2.75) is 6.92 Å². The number of carbonyl (C=O) groups is 1. The molecular formula is C7H18BrNO3. The monoisotopic (exact) mass is 243 g/mol. The smallest absolute Gasteiger partial charge is 0.302 e. The molecule has 0 spiro atoms. The molecule has 0 aliphatic heterocycles. The number of rotatable bonds is 3. The van der Waals surface area contributed by atoms with E-state index in [-0.39, 0.29) is 28.4 Å². The Kier molecular flexibility index (Phi) is 11.2. The van der Waals surface area contributed by atoms with E-state index < -0.39 is 0 Å². The lowest BCUT2D eigenvalue weighted by Gasteiger charge is -2.23. The molecule has 0 fully saturated rings. The van der Waals surface area contributed by atoms with Gasteiger partial charge in [-0.25, -0.2) is 0 Å². The third-order valence-corrected chi connectivity index (χ3v) is 1.07. The van der Waals surface area contributed by atoms with Crippen molar-refractivity contribution in [2.75, 3.05) is 34.3 Å². The summed E-state index contributed by atoms with van der Waals surface area (Å²) in [5.74, 6) is -0.201. The van der Waals surface area contributed by atoms with Crippen molar-refractivity contribution >= 4 is 23.0 Å². The molecule has 0 saturated heterocycles. The molecule has 0 aliphatic rings. The van der Waals surface area contributed by atoms with E-state index in [9.17, 15) is 4.79 Å². The Labute approximate surface area is 84.2 Å². The second kappa shape index (κ2) is 7.52. The summed E-state index contributed by atoms with van der Waals surface area (Å²) in [6.45, 7) is 2.80. The van der Waals surface area contributed by atoms with E-state index in [1.807, 2.05) is 0 Å². The van der Waals surface area contributed by atoms with Crippen LogP contribution in [0.15, 0.2) is 0 Å². The average Bonchev–Trinajstić information content (AvgIpc) is 1.59. The van der Waals surface area contributed by atoms with E-state index in [1.54, 1.807) is 0 Å². The first-order valence-corrected chi connectivity index (χ1v) is 3.35. The number of hydrogen-bond acceptors (Lipinski definition) is 3. The summed E-state index contributed by atoms with van der Waals surface area (Å²) >= 11 is 0. The maximum absolute atomic E-state index is 10.3. The van der Waals surface area contributed by atoms with Crippen LogP contribution >= 0.6 is 17.0 Å². The van der Waals surface area contributed by atoms with Crippen LogP contribution in [0.3, 0.4) is 0 Å². The molecule has 0 saturated carbocycles. The molecule has 5 heteroatoms. The van der Waals surface area contributed by atoms with Gasteiger partial charge in [0.05, 0.1) is 21.1 Å². The van der Waals surface area contributed by atoms with Crippen molar-refractivity contribution in [3.63, 3.8) is 0 Å². The number of likely N-dealkylation sites (N-methyl/N-ethyl adjacent to an activating group) is 1. The van der Waals surface area contributed by atoms with Crippen LogP contribution < -0.4 is 0 Å². The van der Waals surface area contributed by atoms with Gasteiger partial charge in [0.15, 0.2) is 0 Å². The Balaban J connectivity index is -0.000000405. The topological polar surface area (TPSA) is 56.3 Å². The van der Waals surface area contributed by atoms with E-state index in [1.165, 1.54) is 6.92 Å². The van der Waals surface area contributed by atoms with Gasteiger partial charge in [-0.15, -0.1) is 17.0 Å². The van der Waals surface area contributed by atoms with E-state index in [0.717, 1.165) is 11.0 Å². The lowest BCUT2D eigenvalue weighted by molar-refractivity contribution is -0.870. The Morgan fingerprint density at radius 3 is 2.00 bits per heavy atom. The van der Waals surface area contributed by atoms with Gasteiger partial charge in [-0.3, -0.25) is 4.79 Å². The highest BCUT2D eigenvalue weighted by Gasteiger charge is 2.06. The molecule has 0 radical (unpaired) electrons. The third kappa shape index (κ3) is 16.5. The van der Waals surface area contributed by atoms with E-state index >= 15 is 0 Å². The minimum atomic E-state index is -0.201. The lowest BCUT2D eigenvalue weighted by atomic mass is 10.5. The summed E-state index contributed by atoms with van der Waals surface area (Å²) in [7, 11) is 6.18. The quantitative estimate of drug-likeness (QED) is 0.541. The van der Waals surface area contributed by atoms with Crippen LogP contribution in [0.5, 0.6) is 0 Å². The third-order valence-electron chi connectivity index (χ3n) is 1.07. The molecule has 0 aromatic heterocycles. The molecule has 12 heavy (non-hydrogen) atoms. The first-order chi connectivity index (χ1) is 4.42. The summed E-state index contributed by atoms with van der Waals surface area (Å²) in [5.41, 5.74) is 0. The zero-order valence-electron chi connectivity index (χ0n) is 8.03. The van der Waals surface area contributed by atoms with Crippen LogP contribution in [-0.2, 0) is 9.53 Å². The van der Waals surface area contributed by atoms with Crippen LogP contribution in [0.25, 0.3) is 0 Å². The standard InChI is InChI=1S/C7H16NO2.BrH.H2O/c1-7(9)10-6-5-8(2,3)4;;/h5-6H2,1-4H3;1H;1H2/q+1;;/p-1. The number of esters is 1. The van der Waals surface area contributed by atoms with Crippen molar-refractivity contribution in [1.29, 1.82) is 0 Å². The highest BCUT2D eigenvalue weighted by Crippen LogP contribution is 1.88. The molecule has 0 bridgehead atoms. The molecule has 0 aromatic rings. The number of ether oxygens (including phenoxy) is 1. The van der Waals surface area contributed by atoms with Gasteiger partial charge in [-0.2, -0.15) is 0 Å². The fourth-order valence-corrected chi connectivity index (χ4v) is 0.463. The molecular weight excluding hydrogens is 226 g/mol. The van der Waals surface area contributed by atoms with Gasteiger partial charge in [0, 0.05) is 6.92 Å². The molecule has 76 valence electrons. The number of carbonyl (C=O) groups excluding carboxylic acids is 1. The largest absolute Gasteiger partial charge is 0.870 e. The average molecular weight is 244 g/mol. The van der Waals surface area contributed by atoms with Crippen LogP contribution in [-0.4, -0.2) is 50.2 Å². The highest BCUT2D eigenvalue weighted by atomic mass is 79.9. The first-order valence-electron chi connectivity index (χ1n) is 3.35. The van der Waals surface area contributed by atoms with Crippen molar-refractivity contribution < 1.29 is 19.5 Å². The SMILES string of the molecule is Br.CC(=O)OCC[N+](C)(C)C.[OH-]. The van der Waals surface area contributed by atoms with Crippen molar-refractivity contribution in [3.8, 4) is 0 Å². The Morgan fingerprint density at radius 1 is 1.33 bits per heavy atom. The highest BCUT2D eigenvalue weighted by molar-refractivity contribution is 8.93.